The third-order valence-electron chi connectivity index (χ3n) is 4.70. The van der Waals surface area contributed by atoms with Crippen LogP contribution < -0.4 is 10.6 Å². The number of nitrogens with zero attached hydrogens (tertiary/aromatic N) is 2. The van der Waals surface area contributed by atoms with E-state index in [1.807, 2.05) is 28.8 Å². The summed E-state index contributed by atoms with van der Waals surface area (Å²) in [7, 11) is 1.49. The Hall–Kier alpha value is -2.41. The van der Waals surface area contributed by atoms with Crippen LogP contribution in [-0.4, -0.2) is 47.7 Å². The molecular formula is C19H26N4O3. The zero-order chi connectivity index (χ0) is 18.4. The van der Waals surface area contributed by atoms with Gasteiger partial charge in [-0.15, -0.1) is 0 Å². The molecule has 0 saturated heterocycles. The molecule has 1 aliphatic carbocycles. The number of ether oxygens (including phenoxy) is 1. The summed E-state index contributed by atoms with van der Waals surface area (Å²) in [6.45, 7) is 0.744. The normalized spacial score (nSPS) is 14.7. The first-order valence-electron chi connectivity index (χ1n) is 9.16. The number of fused-ring (bicyclic) bond motifs is 1. The van der Waals surface area contributed by atoms with Gasteiger partial charge < -0.3 is 19.9 Å². The van der Waals surface area contributed by atoms with Gasteiger partial charge in [-0.3, -0.25) is 9.59 Å². The smallest absolute Gasteiger partial charge is 0.245 e. The molecule has 7 heteroatoms. The van der Waals surface area contributed by atoms with Gasteiger partial charge in [0.2, 0.25) is 11.8 Å². The lowest BCUT2D eigenvalue weighted by Gasteiger charge is -2.14. The average Bonchev–Trinajstić information content (AvgIpc) is 3.24. The molecule has 2 aromatic rings. The molecule has 0 bridgehead atoms. The van der Waals surface area contributed by atoms with Crippen molar-refractivity contribution in [3.05, 3.63) is 30.1 Å². The maximum absolute atomic E-state index is 12.5. The third-order valence-corrected chi connectivity index (χ3v) is 4.70. The second kappa shape index (κ2) is 8.80. The molecule has 1 aromatic heterocycles. The molecule has 0 radical (unpaired) electrons. The minimum absolute atomic E-state index is 0.0183. The molecule has 1 aromatic carbocycles. The Morgan fingerprint density at radius 1 is 1.23 bits per heavy atom. The second-order valence-corrected chi connectivity index (χ2v) is 6.68. The Morgan fingerprint density at radius 2 is 2.00 bits per heavy atom. The summed E-state index contributed by atoms with van der Waals surface area (Å²) in [5, 5.41) is 5.92. The Labute approximate surface area is 153 Å². The number of para-hydroxylation sites is 2. The number of aromatic nitrogens is 2. The van der Waals surface area contributed by atoms with Gasteiger partial charge in [0.25, 0.3) is 0 Å². The van der Waals surface area contributed by atoms with Crippen molar-refractivity contribution in [2.24, 2.45) is 0 Å². The summed E-state index contributed by atoms with van der Waals surface area (Å²) in [6, 6.07) is 8.09. The van der Waals surface area contributed by atoms with Crippen molar-refractivity contribution >= 4 is 22.8 Å². The number of methoxy groups -OCH3 is 1. The van der Waals surface area contributed by atoms with E-state index in [-0.39, 0.29) is 25.0 Å². The zero-order valence-corrected chi connectivity index (χ0v) is 15.2. The molecule has 3 rings (SSSR count). The highest BCUT2D eigenvalue weighted by molar-refractivity contribution is 5.81. The van der Waals surface area contributed by atoms with Crippen LogP contribution in [0.25, 0.3) is 11.0 Å². The largest absolute Gasteiger partial charge is 0.375 e. The predicted octanol–water partition coefficient (Wildman–Crippen LogP) is 1.40. The molecule has 2 amide bonds. The van der Waals surface area contributed by atoms with Gasteiger partial charge in [0, 0.05) is 26.1 Å². The van der Waals surface area contributed by atoms with Crippen LogP contribution in [0.5, 0.6) is 0 Å². The van der Waals surface area contributed by atoms with Crippen molar-refractivity contribution in [3.8, 4) is 0 Å². The number of benzene rings is 1. The number of rotatable bonds is 8. The molecule has 1 aliphatic rings. The van der Waals surface area contributed by atoms with Gasteiger partial charge in [0.15, 0.2) is 0 Å². The summed E-state index contributed by atoms with van der Waals surface area (Å²) in [5.74, 6) is 0.657. The highest BCUT2D eigenvalue weighted by atomic mass is 16.5. The SMILES string of the molecule is COCC(=O)NCCc1nc2ccccc2n1CC(=O)NC1CCCC1. The molecule has 0 aliphatic heterocycles. The first kappa shape index (κ1) is 18.4. The lowest BCUT2D eigenvalue weighted by molar-refractivity contribution is -0.125. The third kappa shape index (κ3) is 4.60. The van der Waals surface area contributed by atoms with E-state index in [1.165, 1.54) is 20.0 Å². The Kier molecular flexibility index (Phi) is 6.22. The van der Waals surface area contributed by atoms with E-state index in [4.69, 9.17) is 4.74 Å². The monoisotopic (exact) mass is 358 g/mol. The number of imidazole rings is 1. The number of hydrogen-bond acceptors (Lipinski definition) is 4. The van der Waals surface area contributed by atoms with Crippen LogP contribution >= 0.6 is 0 Å². The van der Waals surface area contributed by atoms with Crippen molar-refractivity contribution in [2.45, 2.75) is 44.7 Å². The van der Waals surface area contributed by atoms with E-state index in [9.17, 15) is 9.59 Å². The van der Waals surface area contributed by atoms with E-state index in [1.54, 1.807) is 0 Å². The van der Waals surface area contributed by atoms with Gasteiger partial charge in [0.05, 0.1) is 11.0 Å². The van der Waals surface area contributed by atoms with E-state index in [0.29, 0.717) is 19.0 Å². The van der Waals surface area contributed by atoms with E-state index in [2.05, 4.69) is 15.6 Å². The molecule has 1 heterocycles. The van der Waals surface area contributed by atoms with E-state index >= 15 is 0 Å². The fourth-order valence-electron chi connectivity index (χ4n) is 3.48. The van der Waals surface area contributed by atoms with Crippen LogP contribution in [0, 0.1) is 0 Å². The standard InChI is InChI=1S/C19H26N4O3/c1-26-13-19(25)20-11-10-17-22-15-8-4-5-9-16(15)23(17)12-18(24)21-14-6-2-3-7-14/h4-5,8-9,14H,2-3,6-7,10-13H2,1H3,(H,20,25)(H,21,24). The van der Waals surface area contributed by atoms with Crippen molar-refractivity contribution in [2.75, 3.05) is 20.3 Å². The first-order valence-corrected chi connectivity index (χ1v) is 9.16. The number of nitrogens with one attached hydrogen (secondary N) is 2. The van der Waals surface area contributed by atoms with Gasteiger partial charge in [0.1, 0.15) is 19.0 Å². The van der Waals surface area contributed by atoms with Crippen LogP contribution in [0.2, 0.25) is 0 Å². The van der Waals surface area contributed by atoms with Crippen molar-refractivity contribution in [3.63, 3.8) is 0 Å². The molecule has 0 unspecified atom stereocenters. The molecule has 0 atom stereocenters. The van der Waals surface area contributed by atoms with Crippen molar-refractivity contribution < 1.29 is 14.3 Å². The summed E-state index contributed by atoms with van der Waals surface area (Å²) in [4.78, 5) is 28.7. The molecule has 2 N–H and O–H groups in total. The highest BCUT2D eigenvalue weighted by Gasteiger charge is 2.19. The maximum atomic E-state index is 12.5. The van der Waals surface area contributed by atoms with Crippen LogP contribution in [0.15, 0.2) is 24.3 Å². The summed E-state index contributed by atoms with van der Waals surface area (Å²) in [5.41, 5.74) is 1.80. The Balaban J connectivity index is 1.69. The van der Waals surface area contributed by atoms with E-state index < -0.39 is 0 Å². The number of carbonyl (C=O) groups is 2. The van der Waals surface area contributed by atoms with Gasteiger partial charge in [-0.1, -0.05) is 25.0 Å². The van der Waals surface area contributed by atoms with Gasteiger partial charge >= 0.3 is 0 Å². The summed E-state index contributed by atoms with van der Waals surface area (Å²) in [6.07, 6.45) is 5.06. The minimum Gasteiger partial charge on any atom is -0.375 e. The first-order chi connectivity index (χ1) is 12.7. The highest BCUT2D eigenvalue weighted by Crippen LogP contribution is 2.19. The Bertz CT molecular complexity index is 765. The number of amides is 2. The van der Waals surface area contributed by atoms with Crippen LogP contribution in [0.3, 0.4) is 0 Å². The van der Waals surface area contributed by atoms with E-state index in [0.717, 1.165) is 29.7 Å². The number of carbonyl (C=O) groups excluding carboxylic acids is 2. The summed E-state index contributed by atoms with van der Waals surface area (Å²) >= 11 is 0. The van der Waals surface area contributed by atoms with Gasteiger partial charge in [-0.05, 0) is 25.0 Å². The molecular weight excluding hydrogens is 332 g/mol. The van der Waals surface area contributed by atoms with Crippen molar-refractivity contribution in [1.82, 2.24) is 20.2 Å². The lowest BCUT2D eigenvalue weighted by atomic mass is 10.2. The fraction of sp³-hybridized carbons (Fsp3) is 0.526. The number of hydrogen-bond donors (Lipinski definition) is 2. The topological polar surface area (TPSA) is 85.2 Å². The molecule has 26 heavy (non-hydrogen) atoms. The molecule has 0 spiro atoms. The fourth-order valence-corrected chi connectivity index (χ4v) is 3.48. The maximum Gasteiger partial charge on any atom is 0.245 e. The van der Waals surface area contributed by atoms with Crippen LogP contribution in [0.4, 0.5) is 0 Å². The zero-order valence-electron chi connectivity index (χ0n) is 15.2. The predicted molar refractivity (Wildman–Crippen MR) is 98.7 cm³/mol. The molecule has 140 valence electrons. The van der Waals surface area contributed by atoms with Crippen LogP contribution in [-0.2, 0) is 27.3 Å². The molecule has 7 nitrogen and oxygen atoms in total. The average molecular weight is 358 g/mol. The molecule has 1 saturated carbocycles. The second-order valence-electron chi connectivity index (χ2n) is 6.68. The van der Waals surface area contributed by atoms with Crippen molar-refractivity contribution in [1.29, 1.82) is 0 Å². The molecule has 1 fully saturated rings. The van der Waals surface area contributed by atoms with Gasteiger partial charge in [-0.25, -0.2) is 4.98 Å². The quantitative estimate of drug-likeness (QED) is 0.747. The minimum atomic E-state index is -0.158. The Morgan fingerprint density at radius 3 is 2.77 bits per heavy atom. The lowest BCUT2D eigenvalue weighted by Crippen LogP contribution is -2.35. The summed E-state index contributed by atoms with van der Waals surface area (Å²) < 4.78 is 6.75. The van der Waals surface area contributed by atoms with Gasteiger partial charge in [-0.2, -0.15) is 0 Å². The van der Waals surface area contributed by atoms with Crippen LogP contribution in [0.1, 0.15) is 31.5 Å².